The van der Waals surface area contributed by atoms with Crippen LogP contribution in [0.1, 0.15) is 32.0 Å². The molecule has 23 heavy (non-hydrogen) atoms. The van der Waals surface area contributed by atoms with Crippen molar-refractivity contribution in [1.29, 1.82) is 0 Å². The average Bonchev–Trinajstić information content (AvgIpc) is 2.80. The second-order valence-electron chi connectivity index (χ2n) is 6.14. The fourth-order valence-corrected chi connectivity index (χ4v) is 4.08. The first-order valence-corrected chi connectivity index (χ1v) is 8.72. The number of rotatable bonds is 3. The molecule has 0 aliphatic heterocycles. The van der Waals surface area contributed by atoms with Gasteiger partial charge in [-0.05, 0) is 61.1 Å². The Morgan fingerprint density at radius 1 is 0.739 bits per heavy atom. The molecule has 1 heterocycles. The van der Waals surface area contributed by atoms with Gasteiger partial charge in [-0.15, -0.1) is 11.3 Å². The van der Waals surface area contributed by atoms with Gasteiger partial charge in [0.05, 0.1) is 0 Å². The van der Waals surface area contributed by atoms with Gasteiger partial charge in [-0.25, -0.2) is 0 Å². The lowest BCUT2D eigenvalue weighted by Crippen LogP contribution is -1.90. The van der Waals surface area contributed by atoms with Gasteiger partial charge in [0.2, 0.25) is 0 Å². The summed E-state index contributed by atoms with van der Waals surface area (Å²) in [4.78, 5) is 2.74. The molecule has 0 unspecified atom stereocenters. The molecule has 2 aromatic carbocycles. The normalized spacial score (nSPS) is 10.8. The summed E-state index contributed by atoms with van der Waals surface area (Å²) in [5.41, 5.74) is 8.79. The zero-order chi connectivity index (χ0) is 16.6. The molecule has 0 nitrogen and oxygen atoms in total. The Balaban J connectivity index is 1.93. The van der Waals surface area contributed by atoms with E-state index >= 15 is 0 Å². The predicted octanol–water partition coefficient (Wildman–Crippen LogP) is 6.71. The number of hydrogen-bond donors (Lipinski definition) is 0. The van der Waals surface area contributed by atoms with Gasteiger partial charge in [-0.3, -0.25) is 0 Å². The Morgan fingerprint density at radius 3 is 1.74 bits per heavy atom. The Hall–Kier alpha value is -2.12. The van der Waals surface area contributed by atoms with Crippen LogP contribution in [0, 0.1) is 27.7 Å². The summed E-state index contributed by atoms with van der Waals surface area (Å²) in [6.45, 7) is 13.0. The van der Waals surface area contributed by atoms with E-state index in [-0.39, 0.29) is 0 Å². The molecule has 0 N–H and O–H groups in total. The van der Waals surface area contributed by atoms with Gasteiger partial charge >= 0.3 is 0 Å². The summed E-state index contributed by atoms with van der Waals surface area (Å²) in [5.74, 6) is 0. The van der Waals surface area contributed by atoms with Crippen LogP contribution in [0.25, 0.3) is 16.7 Å². The van der Waals surface area contributed by atoms with Crippen molar-refractivity contribution in [2.45, 2.75) is 27.7 Å². The van der Waals surface area contributed by atoms with Crippen molar-refractivity contribution in [2.75, 3.05) is 0 Å². The molecule has 3 rings (SSSR count). The van der Waals surface area contributed by atoms with E-state index < -0.39 is 0 Å². The van der Waals surface area contributed by atoms with Crippen LogP contribution in [-0.4, -0.2) is 0 Å². The van der Waals surface area contributed by atoms with Crippen LogP contribution in [0.4, 0.5) is 0 Å². The summed E-state index contributed by atoms with van der Waals surface area (Å²) < 4.78 is 0. The van der Waals surface area contributed by atoms with Gasteiger partial charge in [0.1, 0.15) is 0 Å². The number of thiophene rings is 1. The van der Waals surface area contributed by atoms with Crippen molar-refractivity contribution < 1.29 is 0 Å². The van der Waals surface area contributed by atoms with E-state index in [9.17, 15) is 0 Å². The lowest BCUT2D eigenvalue weighted by atomic mass is 9.94. The second-order valence-corrected chi connectivity index (χ2v) is 7.57. The SMILES string of the molecule is C=C(c1ccc(-c2ccc(C)cc2)cc1)c1c(C)sc(C)c1C. The van der Waals surface area contributed by atoms with Crippen molar-refractivity contribution in [3.63, 3.8) is 0 Å². The van der Waals surface area contributed by atoms with Crippen molar-refractivity contribution >= 4 is 16.9 Å². The molecule has 0 saturated heterocycles. The van der Waals surface area contributed by atoms with Gasteiger partial charge in [0, 0.05) is 9.75 Å². The fraction of sp³-hybridized carbons (Fsp3) is 0.182. The molecule has 0 saturated carbocycles. The molecule has 0 fully saturated rings. The van der Waals surface area contributed by atoms with Gasteiger partial charge in [0.15, 0.2) is 0 Å². The summed E-state index contributed by atoms with van der Waals surface area (Å²) in [5, 5.41) is 0. The highest BCUT2D eigenvalue weighted by Crippen LogP contribution is 2.35. The third-order valence-corrected chi connectivity index (χ3v) is 5.60. The largest absolute Gasteiger partial charge is 0.145 e. The van der Waals surface area contributed by atoms with E-state index in [2.05, 4.69) is 82.8 Å². The minimum Gasteiger partial charge on any atom is -0.145 e. The van der Waals surface area contributed by atoms with Crippen molar-refractivity contribution in [3.8, 4) is 11.1 Å². The molecular formula is C22H22S. The molecule has 1 heteroatoms. The average molecular weight is 318 g/mol. The molecule has 0 radical (unpaired) electrons. The highest BCUT2D eigenvalue weighted by molar-refractivity contribution is 7.12. The fourth-order valence-electron chi connectivity index (χ4n) is 2.99. The van der Waals surface area contributed by atoms with Crippen molar-refractivity contribution in [2.24, 2.45) is 0 Å². The summed E-state index contributed by atoms with van der Waals surface area (Å²) in [6.07, 6.45) is 0. The zero-order valence-corrected chi connectivity index (χ0v) is 15.1. The van der Waals surface area contributed by atoms with E-state index in [1.807, 2.05) is 11.3 Å². The minimum absolute atomic E-state index is 1.12. The standard InChI is InChI=1S/C22H22S/c1-14-6-8-20(9-7-14)21-12-10-19(11-13-21)16(3)22-15(2)17(4)23-18(22)5/h6-13H,3H2,1-2,4-5H3. The van der Waals surface area contributed by atoms with E-state index in [0.717, 1.165) is 5.57 Å². The number of aryl methyl sites for hydroxylation is 3. The quantitative estimate of drug-likeness (QED) is 0.503. The van der Waals surface area contributed by atoms with Crippen LogP contribution >= 0.6 is 11.3 Å². The molecule has 0 spiro atoms. The Labute approximate surface area is 143 Å². The first-order valence-electron chi connectivity index (χ1n) is 7.90. The molecule has 3 aromatic rings. The maximum atomic E-state index is 4.35. The topological polar surface area (TPSA) is 0 Å². The smallest absolute Gasteiger partial charge is 0.00981 e. The zero-order valence-electron chi connectivity index (χ0n) is 14.2. The minimum atomic E-state index is 1.12. The highest BCUT2D eigenvalue weighted by atomic mass is 32.1. The number of hydrogen-bond acceptors (Lipinski definition) is 1. The van der Waals surface area contributed by atoms with Crippen LogP contribution in [0.2, 0.25) is 0 Å². The van der Waals surface area contributed by atoms with E-state index in [4.69, 9.17) is 0 Å². The van der Waals surface area contributed by atoms with Gasteiger partial charge < -0.3 is 0 Å². The van der Waals surface area contributed by atoms with Crippen molar-refractivity contribution in [1.82, 2.24) is 0 Å². The van der Waals surface area contributed by atoms with Crippen LogP contribution < -0.4 is 0 Å². The van der Waals surface area contributed by atoms with Gasteiger partial charge in [0.25, 0.3) is 0 Å². The molecular weight excluding hydrogens is 296 g/mol. The van der Waals surface area contributed by atoms with Crippen LogP contribution in [0.15, 0.2) is 55.1 Å². The Kier molecular flexibility index (Phi) is 4.23. The van der Waals surface area contributed by atoms with Gasteiger partial charge in [-0.2, -0.15) is 0 Å². The maximum Gasteiger partial charge on any atom is 0.00981 e. The summed E-state index contributed by atoms with van der Waals surface area (Å²) >= 11 is 1.86. The van der Waals surface area contributed by atoms with Crippen molar-refractivity contribution in [3.05, 3.63) is 87.1 Å². The molecule has 0 bridgehead atoms. The maximum absolute atomic E-state index is 4.35. The second kappa shape index (κ2) is 6.17. The predicted molar refractivity (Wildman–Crippen MR) is 103 cm³/mol. The van der Waals surface area contributed by atoms with E-state index in [1.165, 1.54) is 43.1 Å². The first-order chi connectivity index (χ1) is 11.0. The van der Waals surface area contributed by atoms with Gasteiger partial charge in [-0.1, -0.05) is 60.7 Å². The highest BCUT2D eigenvalue weighted by Gasteiger charge is 2.13. The Morgan fingerprint density at radius 2 is 1.26 bits per heavy atom. The third kappa shape index (κ3) is 3.02. The molecule has 0 atom stereocenters. The lowest BCUT2D eigenvalue weighted by Gasteiger charge is -2.10. The number of benzene rings is 2. The summed E-state index contributed by atoms with van der Waals surface area (Å²) in [6, 6.07) is 17.4. The molecule has 0 aliphatic carbocycles. The van der Waals surface area contributed by atoms with Crippen LogP contribution in [0.5, 0.6) is 0 Å². The monoisotopic (exact) mass is 318 g/mol. The molecule has 0 aliphatic rings. The van der Waals surface area contributed by atoms with E-state index in [0.29, 0.717) is 0 Å². The van der Waals surface area contributed by atoms with E-state index in [1.54, 1.807) is 0 Å². The molecule has 0 amide bonds. The van der Waals surface area contributed by atoms with Crippen LogP contribution in [0.3, 0.4) is 0 Å². The summed E-state index contributed by atoms with van der Waals surface area (Å²) in [7, 11) is 0. The third-order valence-electron chi connectivity index (χ3n) is 4.48. The first kappa shape index (κ1) is 15.8. The van der Waals surface area contributed by atoms with Crippen LogP contribution in [-0.2, 0) is 0 Å². The molecule has 116 valence electrons. The Bertz CT molecular complexity index is 846. The lowest BCUT2D eigenvalue weighted by molar-refractivity contribution is 1.38. The molecule has 1 aromatic heterocycles.